The number of ether oxygens (including phenoxy) is 1. The Bertz CT molecular complexity index is 300. The molecular weight excluding hydrogens is 276 g/mol. The Morgan fingerprint density at radius 1 is 1.20 bits per heavy atom. The molecule has 0 amide bonds. The van der Waals surface area contributed by atoms with Crippen LogP contribution in [0.1, 0.15) is 47.5 Å². The summed E-state index contributed by atoms with van der Waals surface area (Å²) in [6.07, 6.45) is 1.27. The summed E-state index contributed by atoms with van der Waals surface area (Å²) in [6, 6.07) is 0.722. The van der Waals surface area contributed by atoms with Crippen LogP contribution in [0.2, 0.25) is 6.04 Å². The number of unbranched alkanes of at least 4 members (excludes halogenated alkanes) is 1. The molecule has 0 N–H and O–H groups in total. The SMILES string of the molecule is C=C(C)C(=O)OC(C)O[Si](CCCC)(OCC)OCC. The average molecular weight is 304 g/mol. The van der Waals surface area contributed by atoms with Gasteiger partial charge in [-0.05, 0) is 34.1 Å². The van der Waals surface area contributed by atoms with Gasteiger partial charge in [0.15, 0.2) is 6.29 Å². The number of esters is 1. The molecule has 0 aliphatic rings. The monoisotopic (exact) mass is 304 g/mol. The minimum absolute atomic E-state index is 0.342. The first-order chi connectivity index (χ1) is 9.40. The molecule has 0 aromatic heterocycles. The predicted octanol–water partition coefficient (Wildman–Crippen LogP) is 3.28. The van der Waals surface area contributed by atoms with Gasteiger partial charge in [-0.25, -0.2) is 4.79 Å². The molecule has 6 heteroatoms. The van der Waals surface area contributed by atoms with Crippen molar-refractivity contribution in [2.45, 2.75) is 59.8 Å². The van der Waals surface area contributed by atoms with Crippen molar-refractivity contribution >= 4 is 14.8 Å². The predicted molar refractivity (Wildman–Crippen MR) is 80.2 cm³/mol. The molecule has 1 atom stereocenters. The lowest BCUT2D eigenvalue weighted by molar-refractivity contribution is -0.162. The second kappa shape index (κ2) is 10.1. The number of carbonyl (C=O) groups excluding carboxylic acids is 1. The van der Waals surface area contributed by atoms with E-state index in [-0.39, 0.29) is 0 Å². The van der Waals surface area contributed by atoms with Crippen LogP contribution in [0.3, 0.4) is 0 Å². The summed E-state index contributed by atoms with van der Waals surface area (Å²) in [7, 11) is -2.79. The van der Waals surface area contributed by atoms with Gasteiger partial charge in [-0.2, -0.15) is 0 Å². The van der Waals surface area contributed by atoms with Gasteiger partial charge in [-0.3, -0.25) is 0 Å². The van der Waals surface area contributed by atoms with Crippen LogP contribution in [0.15, 0.2) is 12.2 Å². The highest BCUT2D eigenvalue weighted by molar-refractivity contribution is 6.60. The van der Waals surface area contributed by atoms with E-state index in [0.717, 1.165) is 18.9 Å². The highest BCUT2D eigenvalue weighted by Crippen LogP contribution is 2.21. The topological polar surface area (TPSA) is 54.0 Å². The lowest BCUT2D eigenvalue weighted by Crippen LogP contribution is -2.48. The summed E-state index contributed by atoms with van der Waals surface area (Å²) in [5.41, 5.74) is 0.342. The molecule has 118 valence electrons. The molecule has 1 unspecified atom stereocenters. The molecule has 0 bridgehead atoms. The molecule has 0 fully saturated rings. The van der Waals surface area contributed by atoms with Crippen LogP contribution in [-0.4, -0.2) is 34.3 Å². The van der Waals surface area contributed by atoms with E-state index in [1.54, 1.807) is 13.8 Å². The maximum absolute atomic E-state index is 11.5. The van der Waals surface area contributed by atoms with E-state index in [9.17, 15) is 4.79 Å². The molecule has 0 aromatic rings. The molecule has 0 spiro atoms. The second-order valence-electron chi connectivity index (χ2n) is 4.52. The third kappa shape index (κ3) is 7.19. The molecule has 0 radical (unpaired) electrons. The van der Waals surface area contributed by atoms with Gasteiger partial charge in [0.2, 0.25) is 0 Å². The van der Waals surface area contributed by atoms with Crippen LogP contribution in [0.25, 0.3) is 0 Å². The van der Waals surface area contributed by atoms with E-state index >= 15 is 0 Å². The van der Waals surface area contributed by atoms with Gasteiger partial charge in [-0.15, -0.1) is 0 Å². The molecular formula is C14H28O5Si. The molecule has 0 aliphatic heterocycles. The zero-order valence-corrected chi connectivity index (χ0v) is 14.4. The number of rotatable bonds is 11. The van der Waals surface area contributed by atoms with Gasteiger partial charge >= 0.3 is 14.8 Å². The summed E-state index contributed by atoms with van der Waals surface area (Å²) in [5, 5.41) is 0. The van der Waals surface area contributed by atoms with Crippen molar-refractivity contribution in [3.8, 4) is 0 Å². The molecule has 5 nitrogen and oxygen atoms in total. The minimum atomic E-state index is -2.79. The minimum Gasteiger partial charge on any atom is -0.434 e. The van der Waals surface area contributed by atoms with Crippen LogP contribution in [0.5, 0.6) is 0 Å². The van der Waals surface area contributed by atoms with Crippen molar-refractivity contribution < 1.29 is 22.8 Å². The Labute approximate surface area is 123 Å². The van der Waals surface area contributed by atoms with Gasteiger partial charge in [-0.1, -0.05) is 19.9 Å². The smallest absolute Gasteiger partial charge is 0.434 e. The molecule has 0 aromatic carbocycles. The third-order valence-corrected chi connectivity index (χ3v) is 5.65. The Hall–Kier alpha value is -0.693. The Kier molecular flexibility index (Phi) is 9.74. The Morgan fingerprint density at radius 3 is 2.15 bits per heavy atom. The first-order valence-electron chi connectivity index (χ1n) is 7.23. The molecule has 0 saturated carbocycles. The summed E-state index contributed by atoms with van der Waals surface area (Å²) in [5.74, 6) is -0.469. The average Bonchev–Trinajstić information content (AvgIpc) is 2.36. The van der Waals surface area contributed by atoms with Crippen LogP contribution in [0.4, 0.5) is 0 Å². The van der Waals surface area contributed by atoms with Crippen molar-refractivity contribution in [2.24, 2.45) is 0 Å². The Morgan fingerprint density at radius 2 is 1.75 bits per heavy atom. The van der Waals surface area contributed by atoms with E-state index in [0.29, 0.717) is 18.8 Å². The van der Waals surface area contributed by atoms with Gasteiger partial charge in [0.25, 0.3) is 0 Å². The standard InChI is InChI=1S/C14H28O5Si/c1-7-10-11-20(16-8-2,17-9-3)19-13(6)18-14(15)12(4)5/h13H,4,7-11H2,1-3,5-6H3. The maximum atomic E-state index is 11.5. The zero-order chi connectivity index (χ0) is 15.6. The van der Waals surface area contributed by atoms with E-state index in [1.165, 1.54) is 0 Å². The van der Waals surface area contributed by atoms with E-state index in [4.69, 9.17) is 18.0 Å². The quantitative estimate of drug-likeness (QED) is 0.254. The van der Waals surface area contributed by atoms with Crippen LogP contribution in [-0.2, 0) is 22.8 Å². The zero-order valence-electron chi connectivity index (χ0n) is 13.4. The summed E-state index contributed by atoms with van der Waals surface area (Å²) in [4.78, 5) is 11.5. The fourth-order valence-corrected chi connectivity index (χ4v) is 4.52. The van der Waals surface area contributed by atoms with Crippen LogP contribution >= 0.6 is 0 Å². The summed E-state index contributed by atoms with van der Waals surface area (Å²) in [6.45, 7) is 13.7. The number of carbonyl (C=O) groups is 1. The lowest BCUT2D eigenvalue weighted by atomic mass is 10.4. The van der Waals surface area contributed by atoms with Crippen molar-refractivity contribution in [1.82, 2.24) is 0 Å². The summed E-state index contributed by atoms with van der Waals surface area (Å²) < 4.78 is 22.5. The Balaban J connectivity index is 4.74. The highest BCUT2D eigenvalue weighted by Gasteiger charge is 2.42. The number of hydrogen-bond acceptors (Lipinski definition) is 5. The van der Waals surface area contributed by atoms with Crippen molar-refractivity contribution in [3.63, 3.8) is 0 Å². The molecule has 0 heterocycles. The first kappa shape index (κ1) is 19.3. The summed E-state index contributed by atoms with van der Waals surface area (Å²) >= 11 is 0. The largest absolute Gasteiger partial charge is 0.503 e. The van der Waals surface area contributed by atoms with Gasteiger partial charge in [0.05, 0.1) is 0 Å². The van der Waals surface area contributed by atoms with Crippen LogP contribution < -0.4 is 0 Å². The fraction of sp³-hybridized carbons (Fsp3) is 0.786. The van der Waals surface area contributed by atoms with Gasteiger partial charge < -0.3 is 18.0 Å². The fourth-order valence-electron chi connectivity index (χ4n) is 1.67. The van der Waals surface area contributed by atoms with Gasteiger partial charge in [0, 0.05) is 24.8 Å². The van der Waals surface area contributed by atoms with E-state index < -0.39 is 21.1 Å². The van der Waals surface area contributed by atoms with Crippen molar-refractivity contribution in [2.75, 3.05) is 13.2 Å². The highest BCUT2D eigenvalue weighted by atomic mass is 28.4. The first-order valence-corrected chi connectivity index (χ1v) is 9.16. The van der Waals surface area contributed by atoms with Crippen molar-refractivity contribution in [1.29, 1.82) is 0 Å². The molecule has 20 heavy (non-hydrogen) atoms. The van der Waals surface area contributed by atoms with Gasteiger partial charge in [0.1, 0.15) is 0 Å². The van der Waals surface area contributed by atoms with Crippen LogP contribution in [0, 0.1) is 0 Å². The molecule has 0 saturated heterocycles. The molecule has 0 aliphatic carbocycles. The van der Waals surface area contributed by atoms with E-state index in [1.807, 2.05) is 13.8 Å². The number of hydrogen-bond donors (Lipinski definition) is 0. The van der Waals surface area contributed by atoms with Crippen molar-refractivity contribution in [3.05, 3.63) is 12.2 Å². The molecule has 0 rings (SSSR count). The third-order valence-electron chi connectivity index (χ3n) is 2.53. The normalized spacial score (nSPS) is 13.1. The maximum Gasteiger partial charge on any atom is 0.503 e. The lowest BCUT2D eigenvalue weighted by Gasteiger charge is -2.31. The van der Waals surface area contributed by atoms with E-state index in [2.05, 4.69) is 13.5 Å². The second-order valence-corrected chi connectivity index (χ2v) is 7.20.